The summed E-state index contributed by atoms with van der Waals surface area (Å²) in [5.74, 6) is 0. The molecule has 0 aromatic carbocycles. The summed E-state index contributed by atoms with van der Waals surface area (Å²) in [5.41, 5.74) is 0. The minimum atomic E-state index is -5.12. The Kier molecular flexibility index (Phi) is 30.0. The summed E-state index contributed by atoms with van der Waals surface area (Å²) >= 11 is 0. The van der Waals surface area contributed by atoms with Crippen LogP contribution in [0.2, 0.25) is 0 Å². The molecular weight excluding hydrogens is 492 g/mol. The maximum absolute atomic E-state index is 9.44. The molecule has 11 heteroatoms. The van der Waals surface area contributed by atoms with Gasteiger partial charge in [0.2, 0.25) is 0 Å². The lowest BCUT2D eigenvalue weighted by molar-refractivity contribution is 0.261. The zero-order valence-electron chi connectivity index (χ0n) is 23.4. The van der Waals surface area contributed by atoms with Crippen LogP contribution in [0.5, 0.6) is 0 Å². The van der Waals surface area contributed by atoms with Gasteiger partial charge in [-0.1, -0.05) is 80.1 Å². The highest BCUT2D eigenvalue weighted by Gasteiger charge is 2.15. The van der Waals surface area contributed by atoms with E-state index in [2.05, 4.69) is 55.0 Å². The Morgan fingerprint density at radius 1 is 0.457 bits per heavy atom. The molecule has 0 aromatic heterocycles. The molecule has 0 radical (unpaired) electrons. The van der Waals surface area contributed by atoms with Gasteiger partial charge in [0.25, 0.3) is 0 Å². The first-order valence-corrected chi connectivity index (χ1v) is 16.2. The average molecular weight is 549 g/mol. The van der Waals surface area contributed by atoms with E-state index in [1.54, 1.807) is 0 Å². The highest BCUT2D eigenvalue weighted by molar-refractivity contribution is 7.94. The number of hydrogen-bond donors (Lipinski definition) is 2. The predicted octanol–water partition coefficient (Wildman–Crippen LogP) is 5.99. The van der Waals surface area contributed by atoms with Crippen LogP contribution < -0.4 is 0 Å². The summed E-state index contributed by atoms with van der Waals surface area (Å²) in [5, 5.41) is 0. The van der Waals surface area contributed by atoms with Crippen LogP contribution in [0.1, 0.15) is 119 Å². The van der Waals surface area contributed by atoms with Gasteiger partial charge in [-0.05, 0) is 77.8 Å². The fourth-order valence-corrected chi connectivity index (χ4v) is 3.94. The van der Waals surface area contributed by atoms with Gasteiger partial charge < -0.3 is 9.80 Å². The van der Waals surface area contributed by atoms with Crippen molar-refractivity contribution in [1.29, 1.82) is 0 Å². The number of hydrogen-bond acceptors (Lipinski definition) is 7. The molecule has 0 aliphatic heterocycles. The third-order valence-corrected chi connectivity index (χ3v) is 6.52. The van der Waals surface area contributed by atoms with E-state index in [1.165, 1.54) is 116 Å². The summed E-state index contributed by atoms with van der Waals surface area (Å²) in [7, 11) is -10.2. The van der Waals surface area contributed by atoms with Crippen molar-refractivity contribution in [3.63, 3.8) is 0 Å². The lowest BCUT2D eigenvalue weighted by Gasteiger charge is -2.21. The SMILES string of the molecule is CCCCN(CCCC)CCCC.CCCCN(CCCC)CCCC.O=S(=O)(O)OS(=O)(=O)O. The van der Waals surface area contributed by atoms with Crippen molar-refractivity contribution >= 4 is 20.8 Å². The highest BCUT2D eigenvalue weighted by Crippen LogP contribution is 2.02. The molecule has 0 heterocycles. The van der Waals surface area contributed by atoms with Gasteiger partial charge >= 0.3 is 20.8 Å². The summed E-state index contributed by atoms with van der Waals surface area (Å²) in [6.45, 7) is 21.5. The van der Waals surface area contributed by atoms with Crippen LogP contribution in [0.25, 0.3) is 0 Å². The van der Waals surface area contributed by atoms with Crippen LogP contribution in [0, 0.1) is 0 Å². The fourth-order valence-electron chi connectivity index (χ4n) is 3.07. The van der Waals surface area contributed by atoms with E-state index >= 15 is 0 Å². The first-order valence-electron chi connectivity index (χ1n) is 13.5. The summed E-state index contributed by atoms with van der Waals surface area (Å²) in [6.07, 6.45) is 16.2. The van der Waals surface area contributed by atoms with Crippen LogP contribution in [0.3, 0.4) is 0 Å². The molecule has 0 unspecified atom stereocenters. The van der Waals surface area contributed by atoms with Crippen molar-refractivity contribution in [3.8, 4) is 0 Å². The summed E-state index contributed by atoms with van der Waals surface area (Å²) < 4.78 is 55.6. The third kappa shape index (κ3) is 38.4. The minimum absolute atomic E-state index is 1.32. The second kappa shape index (κ2) is 26.8. The second-order valence-corrected chi connectivity index (χ2v) is 11.0. The van der Waals surface area contributed by atoms with E-state index in [0.29, 0.717) is 0 Å². The highest BCUT2D eigenvalue weighted by atomic mass is 32.3. The maximum atomic E-state index is 9.44. The average Bonchev–Trinajstić information content (AvgIpc) is 2.76. The molecule has 0 spiro atoms. The molecule has 9 nitrogen and oxygen atoms in total. The zero-order valence-corrected chi connectivity index (χ0v) is 25.0. The smallest absolute Gasteiger partial charge is 0.303 e. The van der Waals surface area contributed by atoms with Gasteiger partial charge in [-0.2, -0.15) is 16.8 Å². The summed E-state index contributed by atoms with van der Waals surface area (Å²) in [4.78, 5) is 5.27. The van der Waals surface area contributed by atoms with E-state index < -0.39 is 20.8 Å². The molecule has 0 saturated carbocycles. The normalized spacial score (nSPS) is 11.7. The molecule has 0 aromatic rings. The van der Waals surface area contributed by atoms with Crippen molar-refractivity contribution in [2.24, 2.45) is 0 Å². The molecule has 0 aliphatic rings. The van der Waals surface area contributed by atoms with Crippen molar-refractivity contribution < 1.29 is 29.6 Å². The Morgan fingerprint density at radius 3 is 0.714 bits per heavy atom. The maximum Gasteiger partial charge on any atom is 0.413 e. The predicted molar refractivity (Wildman–Crippen MR) is 147 cm³/mol. The van der Waals surface area contributed by atoms with E-state index in [4.69, 9.17) is 9.11 Å². The monoisotopic (exact) mass is 548 g/mol. The zero-order chi connectivity index (χ0) is 27.6. The largest absolute Gasteiger partial charge is 0.413 e. The molecule has 216 valence electrons. The van der Waals surface area contributed by atoms with Gasteiger partial charge in [-0.3, -0.25) is 9.11 Å². The molecule has 0 bridgehead atoms. The fraction of sp³-hybridized carbons (Fsp3) is 1.00. The minimum Gasteiger partial charge on any atom is -0.303 e. The van der Waals surface area contributed by atoms with Gasteiger partial charge in [-0.15, -0.1) is 3.63 Å². The molecule has 0 amide bonds. The van der Waals surface area contributed by atoms with Crippen LogP contribution in [-0.4, -0.2) is 75.0 Å². The van der Waals surface area contributed by atoms with Gasteiger partial charge in [0.1, 0.15) is 0 Å². The van der Waals surface area contributed by atoms with Crippen molar-refractivity contribution in [2.45, 2.75) is 119 Å². The molecule has 0 fully saturated rings. The topological polar surface area (TPSA) is 124 Å². The second-order valence-electron chi connectivity index (χ2n) is 8.73. The number of nitrogens with zero attached hydrogens (tertiary/aromatic N) is 2. The van der Waals surface area contributed by atoms with Crippen LogP contribution >= 0.6 is 0 Å². The van der Waals surface area contributed by atoms with Gasteiger partial charge in [0.05, 0.1) is 0 Å². The van der Waals surface area contributed by atoms with Crippen molar-refractivity contribution in [3.05, 3.63) is 0 Å². The summed E-state index contributed by atoms with van der Waals surface area (Å²) in [6, 6.07) is 0. The van der Waals surface area contributed by atoms with E-state index in [-0.39, 0.29) is 0 Å². The third-order valence-electron chi connectivity index (χ3n) is 5.14. The Morgan fingerprint density at radius 2 is 0.629 bits per heavy atom. The Balaban J connectivity index is -0.000000448. The van der Waals surface area contributed by atoms with Crippen LogP contribution in [0.15, 0.2) is 0 Å². The molecule has 35 heavy (non-hydrogen) atoms. The van der Waals surface area contributed by atoms with Gasteiger partial charge in [0, 0.05) is 0 Å². The van der Waals surface area contributed by atoms with Gasteiger partial charge in [-0.25, -0.2) is 0 Å². The first kappa shape index (κ1) is 39.2. The van der Waals surface area contributed by atoms with E-state index in [9.17, 15) is 16.8 Å². The molecule has 0 rings (SSSR count). The Labute approximate surface area is 217 Å². The van der Waals surface area contributed by atoms with Gasteiger partial charge in [0.15, 0.2) is 0 Å². The van der Waals surface area contributed by atoms with E-state index in [1.807, 2.05) is 0 Å². The molecule has 0 aliphatic carbocycles. The molecule has 0 atom stereocenters. The Hall–Kier alpha value is -0.300. The molecular formula is C24H56N2O7S2. The molecule has 2 N–H and O–H groups in total. The first-order chi connectivity index (χ1) is 16.4. The van der Waals surface area contributed by atoms with Crippen LogP contribution in [0.4, 0.5) is 0 Å². The lowest BCUT2D eigenvalue weighted by Crippen LogP contribution is -2.27. The standard InChI is InChI=1S/2C12H27N.H2O7S2/c2*1-4-7-10-13(11-8-5-2)12-9-6-3;1-8(2,3)7-9(4,5)6/h2*4-12H2,1-3H3;(H,1,2,3)(H,4,5,6). The number of rotatable bonds is 20. The lowest BCUT2D eigenvalue weighted by atomic mass is 10.2. The number of unbranched alkanes of at least 4 members (excludes halogenated alkanes) is 6. The molecule has 0 saturated heterocycles. The van der Waals surface area contributed by atoms with Crippen LogP contribution in [-0.2, 0) is 24.4 Å². The van der Waals surface area contributed by atoms with Crippen molar-refractivity contribution in [1.82, 2.24) is 9.80 Å². The Bertz CT molecular complexity index is 538. The van der Waals surface area contributed by atoms with E-state index in [0.717, 1.165) is 0 Å². The quantitative estimate of drug-likeness (QED) is 0.177. The van der Waals surface area contributed by atoms with Crippen molar-refractivity contribution in [2.75, 3.05) is 39.3 Å².